The monoisotopic (exact) mass is 134 g/mol. The maximum atomic E-state index is 4.12. The number of fused-ring (bicyclic) bond motifs is 1. The van der Waals surface area contributed by atoms with E-state index < -0.39 is 0 Å². The van der Waals surface area contributed by atoms with Crippen LogP contribution in [0.2, 0.25) is 0 Å². The van der Waals surface area contributed by atoms with Gasteiger partial charge in [-0.15, -0.1) is 10.2 Å². The average molecular weight is 134 g/mol. The van der Waals surface area contributed by atoms with Crippen LogP contribution in [0.25, 0.3) is 5.78 Å². The molecule has 0 fully saturated rings. The van der Waals surface area contributed by atoms with Gasteiger partial charge in [0.15, 0.2) is 0 Å². The van der Waals surface area contributed by atoms with Crippen molar-refractivity contribution in [1.82, 2.24) is 19.6 Å². The summed E-state index contributed by atoms with van der Waals surface area (Å²) in [5.74, 6) is 0.653. The largest absolute Gasteiger partial charge is 0.273 e. The molecule has 0 aliphatic carbocycles. The third-order valence-electron chi connectivity index (χ3n) is 1.31. The molecule has 0 aliphatic rings. The summed E-state index contributed by atoms with van der Waals surface area (Å²) < 4.78 is 1.77. The molecule has 2 aromatic rings. The number of aromatic nitrogens is 4. The van der Waals surface area contributed by atoms with Crippen LogP contribution in [0, 0.1) is 6.92 Å². The average Bonchev–Trinajstić information content (AvgIpc) is 2.33. The molecule has 50 valence electrons. The zero-order valence-electron chi connectivity index (χ0n) is 5.52. The second-order valence-corrected chi connectivity index (χ2v) is 2.11. The number of nitrogens with zero attached hydrogens (tertiary/aromatic N) is 4. The van der Waals surface area contributed by atoms with Gasteiger partial charge in [-0.3, -0.25) is 4.40 Å². The molecule has 0 saturated carbocycles. The Morgan fingerprint density at radius 1 is 1.50 bits per heavy atom. The maximum Gasteiger partial charge on any atom is 0.254 e. The first-order chi connectivity index (χ1) is 4.86. The van der Waals surface area contributed by atoms with Crippen LogP contribution < -0.4 is 0 Å². The molecule has 4 nitrogen and oxygen atoms in total. The zero-order chi connectivity index (χ0) is 6.97. The van der Waals surface area contributed by atoms with Gasteiger partial charge < -0.3 is 0 Å². The first kappa shape index (κ1) is 5.34. The topological polar surface area (TPSA) is 43.1 Å². The molecule has 0 amide bonds. The van der Waals surface area contributed by atoms with E-state index in [9.17, 15) is 0 Å². The quantitative estimate of drug-likeness (QED) is 0.524. The highest BCUT2D eigenvalue weighted by Crippen LogP contribution is 1.95. The van der Waals surface area contributed by atoms with Crippen molar-refractivity contribution < 1.29 is 0 Å². The summed E-state index contributed by atoms with van der Waals surface area (Å²) >= 11 is 0. The van der Waals surface area contributed by atoms with Gasteiger partial charge in [0.25, 0.3) is 5.78 Å². The summed E-state index contributed by atoms with van der Waals surface area (Å²) in [5.41, 5.74) is 0.959. The lowest BCUT2D eigenvalue weighted by atomic mass is 10.5. The molecule has 0 bridgehead atoms. The number of hydrogen-bond acceptors (Lipinski definition) is 3. The Labute approximate surface area is 57.5 Å². The molecule has 2 heterocycles. The van der Waals surface area contributed by atoms with E-state index >= 15 is 0 Å². The van der Waals surface area contributed by atoms with E-state index in [2.05, 4.69) is 15.2 Å². The highest BCUT2D eigenvalue weighted by molar-refractivity contribution is 5.25. The van der Waals surface area contributed by atoms with Gasteiger partial charge in [-0.05, 0) is 13.0 Å². The van der Waals surface area contributed by atoms with Crippen molar-refractivity contribution in [3.63, 3.8) is 0 Å². The first-order valence-electron chi connectivity index (χ1n) is 2.99. The molecule has 0 spiro atoms. The van der Waals surface area contributed by atoms with Gasteiger partial charge in [-0.1, -0.05) is 0 Å². The fraction of sp³-hybridized carbons (Fsp3) is 0.167. The smallest absolute Gasteiger partial charge is 0.254 e. The minimum atomic E-state index is 0.653. The number of rotatable bonds is 0. The van der Waals surface area contributed by atoms with Crippen LogP contribution in [0.3, 0.4) is 0 Å². The predicted octanol–water partition coefficient (Wildman–Crippen LogP) is 0.433. The van der Waals surface area contributed by atoms with Crippen LogP contribution in [-0.4, -0.2) is 19.6 Å². The standard InChI is InChI=1S/C6H6N4/c1-5-2-3-10-4-7-9-6(10)8-5/h2-4H,1H3. The summed E-state index contributed by atoms with van der Waals surface area (Å²) in [5, 5.41) is 7.47. The second kappa shape index (κ2) is 1.76. The molecule has 4 heteroatoms. The first-order valence-corrected chi connectivity index (χ1v) is 2.99. The minimum absolute atomic E-state index is 0.653. The van der Waals surface area contributed by atoms with Crippen LogP contribution >= 0.6 is 0 Å². The molecule has 0 saturated heterocycles. The summed E-state index contributed by atoms with van der Waals surface area (Å²) in [6.45, 7) is 1.93. The lowest BCUT2D eigenvalue weighted by Gasteiger charge is -1.90. The van der Waals surface area contributed by atoms with Gasteiger partial charge in [0, 0.05) is 11.9 Å². The Morgan fingerprint density at radius 3 is 3.30 bits per heavy atom. The molecule has 2 rings (SSSR count). The van der Waals surface area contributed by atoms with Crippen molar-refractivity contribution in [3.8, 4) is 0 Å². The van der Waals surface area contributed by atoms with Gasteiger partial charge in [-0.25, -0.2) is 4.98 Å². The van der Waals surface area contributed by atoms with Crippen LogP contribution in [0.4, 0.5) is 0 Å². The zero-order valence-corrected chi connectivity index (χ0v) is 5.52. The highest BCUT2D eigenvalue weighted by Gasteiger charge is 1.93. The second-order valence-electron chi connectivity index (χ2n) is 2.11. The SMILES string of the molecule is Cc1ccn2cnnc2n1. The van der Waals surface area contributed by atoms with E-state index in [0.717, 1.165) is 5.69 Å². The Kier molecular flexibility index (Phi) is 0.943. The Hall–Kier alpha value is -1.45. The lowest BCUT2D eigenvalue weighted by Crippen LogP contribution is -1.88. The molecule has 2 aromatic heterocycles. The van der Waals surface area contributed by atoms with Crippen LogP contribution in [0.1, 0.15) is 5.69 Å². The molecule has 0 atom stereocenters. The Bertz CT molecular complexity index is 351. The fourth-order valence-corrected chi connectivity index (χ4v) is 0.805. The molecular formula is C6H6N4. The molecule has 10 heavy (non-hydrogen) atoms. The highest BCUT2D eigenvalue weighted by atomic mass is 15.3. The van der Waals surface area contributed by atoms with Crippen LogP contribution in [0.15, 0.2) is 18.6 Å². The Balaban J connectivity index is 2.86. The van der Waals surface area contributed by atoms with Gasteiger partial charge >= 0.3 is 0 Å². The minimum Gasteiger partial charge on any atom is -0.273 e. The summed E-state index contributed by atoms with van der Waals surface area (Å²) in [6.07, 6.45) is 3.51. The van der Waals surface area contributed by atoms with Crippen molar-refractivity contribution in [1.29, 1.82) is 0 Å². The normalized spacial score (nSPS) is 10.5. The summed E-state index contributed by atoms with van der Waals surface area (Å²) in [7, 11) is 0. The molecule has 0 N–H and O–H groups in total. The Morgan fingerprint density at radius 2 is 2.40 bits per heavy atom. The molecule has 0 aromatic carbocycles. The van der Waals surface area contributed by atoms with E-state index in [1.165, 1.54) is 0 Å². The van der Waals surface area contributed by atoms with Gasteiger partial charge in [0.05, 0.1) is 0 Å². The van der Waals surface area contributed by atoms with Crippen molar-refractivity contribution >= 4 is 5.78 Å². The van der Waals surface area contributed by atoms with E-state index in [0.29, 0.717) is 5.78 Å². The van der Waals surface area contributed by atoms with Crippen LogP contribution in [-0.2, 0) is 0 Å². The van der Waals surface area contributed by atoms with E-state index in [1.807, 2.05) is 19.2 Å². The van der Waals surface area contributed by atoms with E-state index in [1.54, 1.807) is 10.7 Å². The lowest BCUT2D eigenvalue weighted by molar-refractivity contribution is 1.07. The van der Waals surface area contributed by atoms with Gasteiger partial charge in [-0.2, -0.15) is 0 Å². The van der Waals surface area contributed by atoms with E-state index in [4.69, 9.17) is 0 Å². The molecule has 0 unspecified atom stereocenters. The van der Waals surface area contributed by atoms with Crippen LogP contribution in [0.5, 0.6) is 0 Å². The molecule has 0 aliphatic heterocycles. The number of hydrogen-bond donors (Lipinski definition) is 0. The summed E-state index contributed by atoms with van der Waals surface area (Å²) in [4.78, 5) is 4.12. The molecule has 0 radical (unpaired) electrons. The predicted molar refractivity (Wildman–Crippen MR) is 35.5 cm³/mol. The fourth-order valence-electron chi connectivity index (χ4n) is 0.805. The van der Waals surface area contributed by atoms with Crippen molar-refractivity contribution in [3.05, 3.63) is 24.3 Å². The summed E-state index contributed by atoms with van der Waals surface area (Å²) in [6, 6.07) is 1.91. The van der Waals surface area contributed by atoms with Crippen molar-refractivity contribution in [2.75, 3.05) is 0 Å². The van der Waals surface area contributed by atoms with Crippen molar-refractivity contribution in [2.45, 2.75) is 6.92 Å². The van der Waals surface area contributed by atoms with E-state index in [-0.39, 0.29) is 0 Å². The number of aryl methyl sites for hydroxylation is 1. The van der Waals surface area contributed by atoms with Gasteiger partial charge in [0.1, 0.15) is 6.33 Å². The molecular weight excluding hydrogens is 128 g/mol. The third kappa shape index (κ3) is 0.655. The van der Waals surface area contributed by atoms with Gasteiger partial charge in [0.2, 0.25) is 0 Å². The third-order valence-corrected chi connectivity index (χ3v) is 1.31. The van der Waals surface area contributed by atoms with Crippen molar-refractivity contribution in [2.24, 2.45) is 0 Å². The maximum absolute atomic E-state index is 4.12.